The van der Waals surface area contributed by atoms with E-state index in [-0.39, 0.29) is 13.0 Å². The van der Waals surface area contributed by atoms with Gasteiger partial charge >= 0.3 is 11.9 Å². The van der Waals surface area contributed by atoms with Crippen molar-refractivity contribution in [2.45, 2.75) is 19.1 Å². The van der Waals surface area contributed by atoms with Crippen molar-refractivity contribution in [3.8, 4) is 22.5 Å². The molecule has 3 aromatic carbocycles. The minimum Gasteiger partial charge on any atom is -0.480 e. The van der Waals surface area contributed by atoms with Crippen LogP contribution in [0.4, 0.5) is 0 Å². The number of ether oxygens (including phenoxy) is 1. The zero-order chi connectivity index (χ0) is 22.3. The maximum Gasteiger partial charge on any atom is 0.327 e. The second kappa shape index (κ2) is 9.75. The second-order valence-electron chi connectivity index (χ2n) is 7.31. The number of carbonyl (C=O) groups is 2. The summed E-state index contributed by atoms with van der Waals surface area (Å²) >= 11 is 0. The molecule has 0 aliphatic rings. The monoisotopic (exact) mass is 426 g/mol. The molecule has 1 unspecified atom stereocenters. The Balaban J connectivity index is 1.50. The highest BCUT2D eigenvalue weighted by molar-refractivity contribution is 5.81. The summed E-state index contributed by atoms with van der Waals surface area (Å²) in [7, 11) is 0. The van der Waals surface area contributed by atoms with E-state index in [1.54, 1.807) is 6.20 Å². The molecule has 6 nitrogen and oxygen atoms in total. The molecule has 4 rings (SSSR count). The first-order valence-corrected chi connectivity index (χ1v) is 10.2. The smallest absolute Gasteiger partial charge is 0.327 e. The molecule has 160 valence electrons. The Morgan fingerprint density at radius 3 is 2.09 bits per heavy atom. The summed E-state index contributed by atoms with van der Waals surface area (Å²) in [5.74, 6) is -1.23. The van der Waals surface area contributed by atoms with Gasteiger partial charge in [-0.2, -0.15) is 0 Å². The number of imidazole rings is 1. The van der Waals surface area contributed by atoms with Gasteiger partial charge in [0.05, 0.1) is 6.42 Å². The van der Waals surface area contributed by atoms with Gasteiger partial charge in [0.15, 0.2) is 0 Å². The fourth-order valence-electron chi connectivity index (χ4n) is 3.49. The van der Waals surface area contributed by atoms with Crippen molar-refractivity contribution >= 4 is 11.9 Å². The van der Waals surface area contributed by atoms with Crippen LogP contribution in [0.1, 0.15) is 18.0 Å². The van der Waals surface area contributed by atoms with Gasteiger partial charge in [-0.25, -0.2) is 9.78 Å². The molecule has 0 saturated carbocycles. The first kappa shape index (κ1) is 21.1. The molecular formula is C26H22N2O4. The molecule has 1 N–H and O–H groups in total. The summed E-state index contributed by atoms with van der Waals surface area (Å²) in [6.07, 6.45) is 2.81. The van der Waals surface area contributed by atoms with Gasteiger partial charge in [-0.05, 0) is 16.7 Å². The normalized spacial score (nSPS) is 11.6. The van der Waals surface area contributed by atoms with Gasteiger partial charge < -0.3 is 14.4 Å². The lowest BCUT2D eigenvalue weighted by atomic mass is 10.0. The fraction of sp³-hybridized carbons (Fsp3) is 0.115. The largest absolute Gasteiger partial charge is 0.480 e. The van der Waals surface area contributed by atoms with Crippen molar-refractivity contribution in [3.05, 3.63) is 103 Å². The van der Waals surface area contributed by atoms with Crippen molar-refractivity contribution < 1.29 is 19.4 Å². The van der Waals surface area contributed by atoms with Gasteiger partial charge in [0, 0.05) is 18.0 Å². The lowest BCUT2D eigenvalue weighted by Crippen LogP contribution is -2.23. The average molecular weight is 426 g/mol. The van der Waals surface area contributed by atoms with Gasteiger partial charge in [0.25, 0.3) is 0 Å². The molecule has 0 spiro atoms. The number of carbonyl (C=O) groups excluding carboxylic acids is 1. The Kier molecular flexibility index (Phi) is 6.41. The number of benzene rings is 3. The molecule has 1 heterocycles. The Labute approximate surface area is 185 Å². The SMILES string of the molecule is O=C(CC(C(=O)O)n1ccnc1-c1ccc(-c2ccccc2)cc1)OCc1ccccc1. The van der Waals surface area contributed by atoms with Crippen LogP contribution in [0.2, 0.25) is 0 Å². The first-order chi connectivity index (χ1) is 15.6. The third-order valence-electron chi connectivity index (χ3n) is 5.14. The maximum atomic E-state index is 12.4. The van der Waals surface area contributed by atoms with Crippen LogP contribution in [0.25, 0.3) is 22.5 Å². The fourth-order valence-corrected chi connectivity index (χ4v) is 3.49. The van der Waals surface area contributed by atoms with E-state index in [9.17, 15) is 14.7 Å². The Morgan fingerprint density at radius 2 is 1.44 bits per heavy atom. The summed E-state index contributed by atoms with van der Waals surface area (Å²) in [4.78, 5) is 28.7. The summed E-state index contributed by atoms with van der Waals surface area (Å²) in [6, 6.07) is 25.8. The predicted octanol–water partition coefficient (Wildman–Crippen LogP) is 4.98. The molecule has 4 aromatic rings. The summed E-state index contributed by atoms with van der Waals surface area (Å²) in [6.45, 7) is 0.101. The third-order valence-corrected chi connectivity index (χ3v) is 5.14. The minimum atomic E-state index is -1.12. The van der Waals surface area contributed by atoms with Gasteiger partial charge in [-0.15, -0.1) is 0 Å². The van der Waals surface area contributed by atoms with Crippen molar-refractivity contribution in [2.75, 3.05) is 0 Å². The van der Waals surface area contributed by atoms with Gasteiger partial charge in [0.2, 0.25) is 0 Å². The van der Waals surface area contributed by atoms with E-state index >= 15 is 0 Å². The number of aliphatic carboxylic acids is 1. The van der Waals surface area contributed by atoms with Crippen LogP contribution in [-0.4, -0.2) is 26.6 Å². The van der Waals surface area contributed by atoms with E-state index in [4.69, 9.17) is 4.74 Å². The molecule has 0 bridgehead atoms. The highest BCUT2D eigenvalue weighted by atomic mass is 16.5. The van der Waals surface area contributed by atoms with Crippen LogP contribution in [0.3, 0.4) is 0 Å². The Morgan fingerprint density at radius 1 is 0.844 bits per heavy atom. The lowest BCUT2D eigenvalue weighted by Gasteiger charge is -2.17. The van der Waals surface area contributed by atoms with Crippen molar-refractivity contribution in [1.82, 2.24) is 9.55 Å². The van der Waals surface area contributed by atoms with E-state index in [1.807, 2.05) is 84.9 Å². The molecule has 0 saturated heterocycles. The van der Waals surface area contributed by atoms with Crippen molar-refractivity contribution in [2.24, 2.45) is 0 Å². The average Bonchev–Trinajstić information content (AvgIpc) is 3.32. The van der Waals surface area contributed by atoms with Crippen LogP contribution < -0.4 is 0 Å². The van der Waals surface area contributed by atoms with Crippen molar-refractivity contribution in [3.63, 3.8) is 0 Å². The van der Waals surface area contributed by atoms with E-state index < -0.39 is 18.0 Å². The number of hydrogen-bond donors (Lipinski definition) is 1. The number of carboxylic acid groups (broad SMARTS) is 1. The van der Waals surface area contributed by atoms with Gasteiger partial charge in [0.1, 0.15) is 18.5 Å². The zero-order valence-electron chi connectivity index (χ0n) is 17.3. The first-order valence-electron chi connectivity index (χ1n) is 10.2. The molecule has 0 aliphatic heterocycles. The highest BCUT2D eigenvalue weighted by Gasteiger charge is 2.26. The van der Waals surface area contributed by atoms with E-state index in [0.717, 1.165) is 22.3 Å². The molecular weight excluding hydrogens is 404 g/mol. The number of aromatic nitrogens is 2. The predicted molar refractivity (Wildman–Crippen MR) is 121 cm³/mol. The Hall–Kier alpha value is -4.19. The topological polar surface area (TPSA) is 81.4 Å². The molecule has 32 heavy (non-hydrogen) atoms. The second-order valence-corrected chi connectivity index (χ2v) is 7.31. The molecule has 0 aliphatic carbocycles. The maximum absolute atomic E-state index is 12.4. The van der Waals surface area contributed by atoms with Crippen LogP contribution in [0.15, 0.2) is 97.3 Å². The summed E-state index contributed by atoms with van der Waals surface area (Å²) < 4.78 is 6.78. The standard InChI is InChI=1S/C26H22N2O4/c29-24(32-18-19-7-3-1-4-8-19)17-23(26(30)31)28-16-15-27-25(28)22-13-11-21(12-14-22)20-9-5-2-6-10-20/h1-16,23H,17-18H2,(H,30,31). The van der Waals surface area contributed by atoms with Crippen LogP contribution in [0, 0.1) is 0 Å². The molecule has 1 atom stereocenters. The quantitative estimate of drug-likeness (QED) is 0.402. The van der Waals surface area contributed by atoms with Gasteiger partial charge in [-0.3, -0.25) is 4.79 Å². The number of nitrogens with zero attached hydrogens (tertiary/aromatic N) is 2. The van der Waals surface area contributed by atoms with Crippen LogP contribution in [0.5, 0.6) is 0 Å². The van der Waals surface area contributed by atoms with Crippen LogP contribution in [-0.2, 0) is 20.9 Å². The summed E-state index contributed by atoms with van der Waals surface area (Å²) in [5, 5.41) is 9.79. The number of carboxylic acids is 1. The van der Waals surface area contributed by atoms with E-state index in [1.165, 1.54) is 10.8 Å². The number of rotatable bonds is 8. The molecule has 6 heteroatoms. The van der Waals surface area contributed by atoms with E-state index in [0.29, 0.717) is 5.82 Å². The summed E-state index contributed by atoms with van der Waals surface area (Å²) in [5.41, 5.74) is 3.74. The minimum absolute atomic E-state index is 0.101. The molecule has 1 aromatic heterocycles. The van der Waals surface area contributed by atoms with Crippen molar-refractivity contribution in [1.29, 1.82) is 0 Å². The number of hydrogen-bond acceptors (Lipinski definition) is 4. The van der Waals surface area contributed by atoms with Gasteiger partial charge in [-0.1, -0.05) is 84.9 Å². The Bertz CT molecular complexity index is 1190. The number of esters is 1. The lowest BCUT2D eigenvalue weighted by molar-refractivity contribution is -0.151. The molecule has 0 radical (unpaired) electrons. The highest BCUT2D eigenvalue weighted by Crippen LogP contribution is 2.27. The molecule has 0 amide bonds. The zero-order valence-corrected chi connectivity index (χ0v) is 17.3. The molecule has 0 fully saturated rings. The van der Waals surface area contributed by atoms with E-state index in [2.05, 4.69) is 4.98 Å². The van der Waals surface area contributed by atoms with Crippen LogP contribution >= 0.6 is 0 Å². The third kappa shape index (κ3) is 4.92.